The Labute approximate surface area is 103 Å². The number of hydrogen-bond donors (Lipinski definition) is 1. The summed E-state index contributed by atoms with van der Waals surface area (Å²) < 4.78 is 0. The fraction of sp³-hybridized carbons (Fsp3) is 0.500. The first-order valence-corrected chi connectivity index (χ1v) is 6.20. The molecule has 3 heteroatoms. The number of benzene rings is 1. The Morgan fingerprint density at radius 3 is 3.06 bits per heavy atom. The van der Waals surface area contributed by atoms with Crippen molar-refractivity contribution in [3.63, 3.8) is 0 Å². The van der Waals surface area contributed by atoms with Crippen molar-refractivity contribution in [1.82, 2.24) is 4.90 Å². The molecule has 2 N–H and O–H groups in total. The first-order valence-electron chi connectivity index (χ1n) is 6.20. The van der Waals surface area contributed by atoms with E-state index < -0.39 is 0 Å². The van der Waals surface area contributed by atoms with E-state index >= 15 is 0 Å². The Balaban J connectivity index is 2.13. The fourth-order valence-corrected chi connectivity index (χ4v) is 2.47. The van der Waals surface area contributed by atoms with E-state index in [4.69, 9.17) is 11.0 Å². The summed E-state index contributed by atoms with van der Waals surface area (Å²) in [5.74, 6) is 0. The van der Waals surface area contributed by atoms with E-state index in [0.29, 0.717) is 12.1 Å². The molecule has 2 atom stereocenters. The van der Waals surface area contributed by atoms with Gasteiger partial charge in [0.15, 0.2) is 0 Å². The van der Waals surface area contributed by atoms with Crippen LogP contribution in [0.1, 0.15) is 36.9 Å². The second-order valence-corrected chi connectivity index (χ2v) is 4.81. The molecule has 0 radical (unpaired) electrons. The SMILES string of the molecule is CC(c1cccc(C#N)c1)N1CCCC(N)C1. The molecule has 1 aromatic carbocycles. The van der Waals surface area contributed by atoms with Gasteiger partial charge in [-0.25, -0.2) is 0 Å². The molecule has 1 aromatic rings. The lowest BCUT2D eigenvalue weighted by atomic mass is 10.00. The van der Waals surface area contributed by atoms with E-state index in [1.54, 1.807) is 0 Å². The summed E-state index contributed by atoms with van der Waals surface area (Å²) in [6.07, 6.45) is 2.30. The van der Waals surface area contributed by atoms with Crippen LogP contribution in [0.2, 0.25) is 0 Å². The first kappa shape index (κ1) is 12.1. The summed E-state index contributed by atoms with van der Waals surface area (Å²) in [6, 6.07) is 10.7. The monoisotopic (exact) mass is 229 g/mol. The number of piperidine rings is 1. The van der Waals surface area contributed by atoms with E-state index in [2.05, 4.69) is 24.0 Å². The molecule has 0 aromatic heterocycles. The lowest BCUT2D eigenvalue weighted by Crippen LogP contribution is -2.43. The molecule has 2 unspecified atom stereocenters. The number of hydrogen-bond acceptors (Lipinski definition) is 3. The van der Waals surface area contributed by atoms with Crippen molar-refractivity contribution in [3.8, 4) is 6.07 Å². The van der Waals surface area contributed by atoms with Gasteiger partial charge in [0.05, 0.1) is 11.6 Å². The number of nitrogens with two attached hydrogens (primary N) is 1. The normalized spacial score (nSPS) is 23.0. The molecule has 1 fully saturated rings. The largest absolute Gasteiger partial charge is 0.327 e. The van der Waals surface area contributed by atoms with Gasteiger partial charge in [-0.05, 0) is 44.0 Å². The second kappa shape index (κ2) is 5.31. The average Bonchev–Trinajstić information content (AvgIpc) is 2.38. The third-order valence-corrected chi connectivity index (χ3v) is 3.54. The second-order valence-electron chi connectivity index (χ2n) is 4.81. The molecule has 0 spiro atoms. The molecule has 0 amide bonds. The average molecular weight is 229 g/mol. The van der Waals surface area contributed by atoms with Gasteiger partial charge in [0.2, 0.25) is 0 Å². The van der Waals surface area contributed by atoms with Gasteiger partial charge in [0.1, 0.15) is 0 Å². The minimum atomic E-state index is 0.297. The number of likely N-dealkylation sites (tertiary alicyclic amines) is 1. The summed E-state index contributed by atoms with van der Waals surface area (Å²) in [5, 5.41) is 8.91. The molecule has 0 saturated carbocycles. The zero-order chi connectivity index (χ0) is 12.3. The topological polar surface area (TPSA) is 53.0 Å². The lowest BCUT2D eigenvalue weighted by Gasteiger charge is -2.35. The molecule has 90 valence electrons. The lowest BCUT2D eigenvalue weighted by molar-refractivity contribution is 0.159. The molecule has 2 rings (SSSR count). The highest BCUT2D eigenvalue weighted by Gasteiger charge is 2.22. The maximum Gasteiger partial charge on any atom is 0.0991 e. The molecule has 0 aliphatic carbocycles. The highest BCUT2D eigenvalue weighted by atomic mass is 15.2. The Bertz CT molecular complexity index is 422. The van der Waals surface area contributed by atoms with Crippen molar-refractivity contribution in [3.05, 3.63) is 35.4 Å². The van der Waals surface area contributed by atoms with Crippen LogP contribution in [0, 0.1) is 11.3 Å². The first-order chi connectivity index (χ1) is 8.20. The van der Waals surface area contributed by atoms with Gasteiger partial charge in [-0.2, -0.15) is 5.26 Å². The minimum absolute atomic E-state index is 0.297. The predicted octanol–water partition coefficient (Wildman–Crippen LogP) is 2.04. The van der Waals surface area contributed by atoms with Crippen LogP contribution in [0.25, 0.3) is 0 Å². The molecular formula is C14H19N3. The molecule has 1 aliphatic heterocycles. The van der Waals surface area contributed by atoms with Crippen molar-refractivity contribution >= 4 is 0 Å². The van der Waals surface area contributed by atoms with Crippen LogP contribution < -0.4 is 5.73 Å². The van der Waals surface area contributed by atoms with Gasteiger partial charge >= 0.3 is 0 Å². The Morgan fingerprint density at radius 1 is 1.53 bits per heavy atom. The molecule has 1 saturated heterocycles. The van der Waals surface area contributed by atoms with Crippen LogP contribution in [0.5, 0.6) is 0 Å². The van der Waals surface area contributed by atoms with Crippen LogP contribution in [0.15, 0.2) is 24.3 Å². The van der Waals surface area contributed by atoms with Gasteiger partial charge in [0, 0.05) is 18.6 Å². The number of rotatable bonds is 2. The summed E-state index contributed by atoms with van der Waals surface area (Å²) >= 11 is 0. The summed E-state index contributed by atoms with van der Waals surface area (Å²) in [7, 11) is 0. The zero-order valence-corrected chi connectivity index (χ0v) is 10.3. The smallest absolute Gasteiger partial charge is 0.0991 e. The van der Waals surface area contributed by atoms with E-state index in [0.717, 1.165) is 25.1 Å². The van der Waals surface area contributed by atoms with E-state index in [1.807, 2.05) is 18.2 Å². The molecule has 0 bridgehead atoms. The summed E-state index contributed by atoms with van der Waals surface area (Å²) in [6.45, 7) is 4.25. The van der Waals surface area contributed by atoms with Crippen LogP contribution in [-0.2, 0) is 0 Å². The highest BCUT2D eigenvalue weighted by molar-refractivity contribution is 5.34. The van der Waals surface area contributed by atoms with E-state index in [9.17, 15) is 0 Å². The Morgan fingerprint density at radius 2 is 2.35 bits per heavy atom. The third kappa shape index (κ3) is 2.85. The molecule has 1 heterocycles. The van der Waals surface area contributed by atoms with Crippen LogP contribution in [-0.4, -0.2) is 24.0 Å². The van der Waals surface area contributed by atoms with Gasteiger partial charge in [-0.1, -0.05) is 12.1 Å². The number of nitrogens with zero attached hydrogens (tertiary/aromatic N) is 2. The van der Waals surface area contributed by atoms with Gasteiger partial charge in [0.25, 0.3) is 0 Å². The van der Waals surface area contributed by atoms with E-state index in [1.165, 1.54) is 12.0 Å². The third-order valence-electron chi connectivity index (χ3n) is 3.54. The van der Waals surface area contributed by atoms with Crippen molar-refractivity contribution in [2.75, 3.05) is 13.1 Å². The van der Waals surface area contributed by atoms with Crippen molar-refractivity contribution in [2.45, 2.75) is 31.8 Å². The maximum absolute atomic E-state index is 8.91. The molecule has 1 aliphatic rings. The predicted molar refractivity (Wildman–Crippen MR) is 68.4 cm³/mol. The Hall–Kier alpha value is -1.37. The van der Waals surface area contributed by atoms with Crippen molar-refractivity contribution in [1.29, 1.82) is 5.26 Å². The zero-order valence-electron chi connectivity index (χ0n) is 10.3. The summed E-state index contributed by atoms with van der Waals surface area (Å²) in [5.41, 5.74) is 7.94. The van der Waals surface area contributed by atoms with E-state index in [-0.39, 0.29) is 0 Å². The summed E-state index contributed by atoms with van der Waals surface area (Å²) in [4.78, 5) is 2.41. The maximum atomic E-state index is 8.91. The van der Waals surface area contributed by atoms with Crippen molar-refractivity contribution in [2.24, 2.45) is 5.73 Å². The van der Waals surface area contributed by atoms with Gasteiger partial charge in [-0.15, -0.1) is 0 Å². The standard InChI is InChI=1S/C14H19N3/c1-11(17-7-3-6-14(16)10-17)13-5-2-4-12(8-13)9-15/h2,4-5,8,11,14H,3,6-7,10,16H2,1H3. The minimum Gasteiger partial charge on any atom is -0.327 e. The van der Waals surface area contributed by atoms with Crippen LogP contribution >= 0.6 is 0 Å². The number of nitriles is 1. The van der Waals surface area contributed by atoms with Gasteiger partial charge < -0.3 is 5.73 Å². The quantitative estimate of drug-likeness (QED) is 0.844. The van der Waals surface area contributed by atoms with Crippen molar-refractivity contribution < 1.29 is 0 Å². The van der Waals surface area contributed by atoms with Gasteiger partial charge in [-0.3, -0.25) is 4.90 Å². The van der Waals surface area contributed by atoms with Crippen LogP contribution in [0.3, 0.4) is 0 Å². The molecule has 3 nitrogen and oxygen atoms in total. The fourth-order valence-electron chi connectivity index (χ4n) is 2.47. The molecular weight excluding hydrogens is 210 g/mol. The Kier molecular flexibility index (Phi) is 3.78. The van der Waals surface area contributed by atoms with Crippen LogP contribution in [0.4, 0.5) is 0 Å². The molecule has 17 heavy (non-hydrogen) atoms. The highest BCUT2D eigenvalue weighted by Crippen LogP contribution is 2.24.